The molecule has 1 heterocycles. The van der Waals surface area contributed by atoms with E-state index in [4.69, 9.17) is 44.7 Å². The van der Waals surface area contributed by atoms with Gasteiger partial charge < -0.3 is 14.6 Å². The number of thiocarbonyl (C=S) groups is 1. The van der Waals surface area contributed by atoms with Gasteiger partial charge in [-0.25, -0.2) is 4.68 Å². The van der Waals surface area contributed by atoms with E-state index < -0.39 is 22.5 Å². The van der Waals surface area contributed by atoms with Gasteiger partial charge in [-0.15, -0.1) is 0 Å². The number of nitrogens with zero attached hydrogens (tertiary/aromatic N) is 2. The van der Waals surface area contributed by atoms with Crippen molar-refractivity contribution in [3.05, 3.63) is 63.8 Å². The van der Waals surface area contributed by atoms with Crippen LogP contribution >= 0.6 is 35.4 Å². The molecule has 0 spiro atoms. The molecule has 0 aliphatic heterocycles. The van der Waals surface area contributed by atoms with Crippen molar-refractivity contribution in [2.24, 2.45) is 0 Å². The van der Waals surface area contributed by atoms with Gasteiger partial charge in [-0.05, 0) is 81.5 Å². The summed E-state index contributed by atoms with van der Waals surface area (Å²) >= 11 is 18.4. The molecule has 1 aliphatic rings. The van der Waals surface area contributed by atoms with Gasteiger partial charge in [-0.1, -0.05) is 35.4 Å². The fourth-order valence-electron chi connectivity index (χ4n) is 4.51. The van der Waals surface area contributed by atoms with Gasteiger partial charge in [0.25, 0.3) is 0 Å². The molecular weight excluding hydrogens is 572 g/mol. The highest BCUT2D eigenvalue weighted by atomic mass is 35.5. The van der Waals surface area contributed by atoms with Crippen LogP contribution in [-0.2, 0) is 10.1 Å². The van der Waals surface area contributed by atoms with Gasteiger partial charge in [-0.2, -0.15) is 13.5 Å². The lowest BCUT2D eigenvalue weighted by Crippen LogP contribution is -2.39. The lowest BCUT2D eigenvalue weighted by atomic mass is 9.93. The van der Waals surface area contributed by atoms with Crippen LogP contribution in [0.4, 0.5) is 4.39 Å². The predicted octanol–water partition coefficient (Wildman–Crippen LogP) is 5.79. The van der Waals surface area contributed by atoms with E-state index in [0.29, 0.717) is 38.5 Å². The Hall–Kier alpha value is -2.24. The Bertz CT molecular complexity index is 1410. The second-order valence-corrected chi connectivity index (χ2v) is 12.2. The first kappa shape index (κ1) is 28.8. The van der Waals surface area contributed by atoms with Crippen LogP contribution in [0.3, 0.4) is 0 Å². The molecule has 1 aromatic heterocycles. The van der Waals surface area contributed by atoms with Crippen molar-refractivity contribution >= 4 is 50.5 Å². The second-order valence-electron chi connectivity index (χ2n) is 9.23. The fraction of sp³-hybridized carbons (Fsp3) is 0.385. The van der Waals surface area contributed by atoms with E-state index in [0.717, 1.165) is 30.4 Å². The molecule has 0 saturated heterocycles. The van der Waals surface area contributed by atoms with Gasteiger partial charge in [0.2, 0.25) is 0 Å². The molecule has 2 unspecified atom stereocenters. The molecule has 0 radical (unpaired) electrons. The summed E-state index contributed by atoms with van der Waals surface area (Å²) in [6, 6.07) is 11.6. The number of alkyl halides is 1. The first-order chi connectivity index (χ1) is 18.1. The normalized spacial score (nSPS) is 17.8. The molecule has 38 heavy (non-hydrogen) atoms. The smallest absolute Gasteiger partial charge is 0.309 e. The Labute approximate surface area is 237 Å². The fourth-order valence-corrected chi connectivity index (χ4v) is 6.31. The molecule has 4 rings (SSSR count). The first-order valence-corrected chi connectivity index (χ1v) is 14.9. The average Bonchev–Trinajstić information content (AvgIpc) is 3.20. The van der Waals surface area contributed by atoms with E-state index in [1.165, 1.54) is 12.1 Å². The third-order valence-corrected chi connectivity index (χ3v) is 8.42. The standard InChI is InChI=1S/C26H28Cl2FN3O4S2/c1-16-24(26(37)30-19-4-2-5-20(33)15-19)31-32(23-11-8-18(27)14-22(23)28)25(16)17-6-9-21(10-7-17)36-38(34,35)13-3-12-29/h6-11,14,19-20,33H,2-5,12-13,15H2,1H3,(H,30,37). The number of nitrogens with one attached hydrogen (secondary N) is 1. The summed E-state index contributed by atoms with van der Waals surface area (Å²) in [4.78, 5) is 0.464. The molecule has 204 valence electrons. The van der Waals surface area contributed by atoms with E-state index in [2.05, 4.69) is 5.32 Å². The summed E-state index contributed by atoms with van der Waals surface area (Å²) in [5, 5.41) is 19.1. The Kier molecular flexibility index (Phi) is 9.31. The highest BCUT2D eigenvalue weighted by Crippen LogP contribution is 2.34. The highest BCUT2D eigenvalue weighted by molar-refractivity contribution is 7.87. The molecule has 1 aliphatic carbocycles. The molecule has 2 N–H and O–H groups in total. The summed E-state index contributed by atoms with van der Waals surface area (Å²) in [5.74, 6) is -0.285. The minimum Gasteiger partial charge on any atom is -0.393 e. The monoisotopic (exact) mass is 599 g/mol. The number of aliphatic hydroxyl groups excluding tert-OH is 1. The third-order valence-electron chi connectivity index (χ3n) is 6.34. The van der Waals surface area contributed by atoms with E-state index in [1.54, 1.807) is 35.0 Å². The van der Waals surface area contributed by atoms with E-state index in [-0.39, 0.29) is 24.3 Å². The zero-order chi connectivity index (χ0) is 27.4. The predicted molar refractivity (Wildman–Crippen MR) is 152 cm³/mol. The zero-order valence-electron chi connectivity index (χ0n) is 20.7. The van der Waals surface area contributed by atoms with Crippen LogP contribution in [0.5, 0.6) is 5.75 Å². The molecular formula is C26H28Cl2FN3O4S2. The summed E-state index contributed by atoms with van der Waals surface area (Å²) < 4.78 is 43.3. The van der Waals surface area contributed by atoms with E-state index in [1.807, 2.05) is 6.92 Å². The average molecular weight is 601 g/mol. The lowest BCUT2D eigenvalue weighted by molar-refractivity contribution is 0.117. The Morgan fingerprint density at radius 1 is 1.24 bits per heavy atom. The molecule has 0 bridgehead atoms. The van der Waals surface area contributed by atoms with Gasteiger partial charge in [0.05, 0.1) is 34.9 Å². The molecule has 3 aromatic rings. The van der Waals surface area contributed by atoms with Crippen molar-refractivity contribution in [1.82, 2.24) is 15.1 Å². The van der Waals surface area contributed by atoms with Crippen LogP contribution in [0.15, 0.2) is 42.5 Å². The van der Waals surface area contributed by atoms with Gasteiger partial charge >= 0.3 is 10.1 Å². The van der Waals surface area contributed by atoms with Crippen molar-refractivity contribution in [2.45, 2.75) is 51.2 Å². The number of benzene rings is 2. The number of aliphatic hydroxyl groups is 1. The van der Waals surface area contributed by atoms with Crippen molar-refractivity contribution in [3.8, 4) is 22.7 Å². The van der Waals surface area contributed by atoms with Crippen LogP contribution in [0.2, 0.25) is 10.0 Å². The third kappa shape index (κ3) is 6.84. The topological polar surface area (TPSA) is 93.4 Å². The molecule has 0 amide bonds. The summed E-state index contributed by atoms with van der Waals surface area (Å²) in [7, 11) is -3.90. The van der Waals surface area contributed by atoms with Crippen molar-refractivity contribution in [1.29, 1.82) is 0 Å². The maximum absolute atomic E-state index is 12.4. The SMILES string of the molecule is Cc1c(C(=S)NC2CCCC(O)C2)nn(-c2ccc(Cl)cc2Cl)c1-c1ccc(OS(=O)(=O)CCCF)cc1. The Balaban J connectivity index is 1.71. The van der Waals surface area contributed by atoms with Gasteiger partial charge in [0.1, 0.15) is 16.4 Å². The van der Waals surface area contributed by atoms with E-state index >= 15 is 0 Å². The first-order valence-electron chi connectivity index (χ1n) is 12.2. The number of halogens is 3. The minimum absolute atomic E-state index is 0.0501. The van der Waals surface area contributed by atoms with Crippen LogP contribution in [0.1, 0.15) is 43.4 Å². The maximum Gasteiger partial charge on any atom is 0.309 e. The quantitative estimate of drug-likeness (QED) is 0.237. The number of hydrogen-bond acceptors (Lipinski definition) is 6. The van der Waals surface area contributed by atoms with Crippen LogP contribution in [0.25, 0.3) is 16.9 Å². The lowest BCUT2D eigenvalue weighted by Gasteiger charge is -2.27. The Morgan fingerprint density at radius 2 is 1.97 bits per heavy atom. The van der Waals surface area contributed by atoms with Gasteiger partial charge in [0.15, 0.2) is 0 Å². The minimum atomic E-state index is -3.90. The van der Waals surface area contributed by atoms with Crippen LogP contribution in [-0.4, -0.2) is 52.9 Å². The van der Waals surface area contributed by atoms with Crippen molar-refractivity contribution in [2.75, 3.05) is 12.4 Å². The van der Waals surface area contributed by atoms with Crippen molar-refractivity contribution < 1.29 is 22.1 Å². The highest BCUT2D eigenvalue weighted by Gasteiger charge is 2.25. The Morgan fingerprint density at radius 3 is 2.63 bits per heavy atom. The molecule has 1 saturated carbocycles. The zero-order valence-corrected chi connectivity index (χ0v) is 23.8. The van der Waals surface area contributed by atoms with Crippen LogP contribution < -0.4 is 9.50 Å². The second kappa shape index (κ2) is 12.3. The number of hydrogen-bond donors (Lipinski definition) is 2. The summed E-state index contributed by atoms with van der Waals surface area (Å²) in [6.45, 7) is 1.16. The molecule has 2 aromatic carbocycles. The number of aromatic nitrogens is 2. The maximum atomic E-state index is 12.4. The number of rotatable bonds is 9. The molecule has 1 fully saturated rings. The summed E-state index contributed by atoms with van der Waals surface area (Å²) in [5.41, 5.74) is 3.36. The van der Waals surface area contributed by atoms with Gasteiger partial charge in [-0.3, -0.25) is 4.39 Å². The largest absolute Gasteiger partial charge is 0.393 e. The van der Waals surface area contributed by atoms with Crippen molar-refractivity contribution in [3.63, 3.8) is 0 Å². The summed E-state index contributed by atoms with van der Waals surface area (Å²) in [6.07, 6.45) is 2.74. The van der Waals surface area contributed by atoms with Gasteiger partial charge in [0, 0.05) is 22.2 Å². The van der Waals surface area contributed by atoms with E-state index in [9.17, 15) is 17.9 Å². The molecule has 7 nitrogen and oxygen atoms in total. The van der Waals surface area contributed by atoms with Crippen LogP contribution in [0, 0.1) is 6.92 Å². The molecule has 12 heteroatoms. The molecule has 2 atom stereocenters.